The molecule has 2 aromatic carbocycles. The fourth-order valence-electron chi connectivity index (χ4n) is 4.37. The summed E-state index contributed by atoms with van der Waals surface area (Å²) in [5, 5.41) is 2.81. The first-order valence-electron chi connectivity index (χ1n) is 11.7. The van der Waals surface area contributed by atoms with Crippen LogP contribution in [0, 0.1) is 5.92 Å². The molecule has 0 bridgehead atoms. The quantitative estimate of drug-likeness (QED) is 0.671. The Morgan fingerprint density at radius 1 is 0.971 bits per heavy atom. The molecule has 182 valence electrons. The number of hydrogen-bond donors (Lipinski definition) is 1. The predicted octanol–water partition coefficient (Wildman–Crippen LogP) is 3.85. The van der Waals surface area contributed by atoms with Crippen molar-refractivity contribution >= 4 is 27.7 Å². The van der Waals surface area contributed by atoms with Crippen molar-refractivity contribution in [2.45, 2.75) is 50.2 Å². The van der Waals surface area contributed by atoms with Crippen molar-refractivity contribution < 1.29 is 22.7 Å². The SMILES string of the molecule is CC1CCN(S(=O)(=O)c2ccc(NC(=O)C3CCCN3C(=O)OCc3ccccc3)cc2)CC1. The van der Waals surface area contributed by atoms with Crippen molar-refractivity contribution in [2.75, 3.05) is 25.0 Å². The van der Waals surface area contributed by atoms with E-state index < -0.39 is 22.2 Å². The van der Waals surface area contributed by atoms with Gasteiger partial charge in [-0.1, -0.05) is 37.3 Å². The fourth-order valence-corrected chi connectivity index (χ4v) is 5.84. The van der Waals surface area contributed by atoms with Crippen LogP contribution in [-0.2, 0) is 26.2 Å². The smallest absolute Gasteiger partial charge is 0.410 e. The first-order chi connectivity index (χ1) is 16.3. The number of nitrogens with zero attached hydrogens (tertiary/aromatic N) is 2. The molecule has 2 heterocycles. The van der Waals surface area contributed by atoms with Gasteiger partial charge in [-0.3, -0.25) is 9.69 Å². The van der Waals surface area contributed by atoms with Crippen LogP contribution >= 0.6 is 0 Å². The molecule has 1 N–H and O–H groups in total. The molecule has 0 spiro atoms. The zero-order valence-electron chi connectivity index (χ0n) is 19.4. The minimum Gasteiger partial charge on any atom is -0.445 e. The highest BCUT2D eigenvalue weighted by atomic mass is 32.2. The summed E-state index contributed by atoms with van der Waals surface area (Å²) in [7, 11) is -3.54. The van der Waals surface area contributed by atoms with Gasteiger partial charge in [0.05, 0.1) is 4.90 Å². The van der Waals surface area contributed by atoms with Gasteiger partial charge in [-0.2, -0.15) is 4.31 Å². The number of nitrogens with one attached hydrogen (secondary N) is 1. The molecule has 2 aliphatic heterocycles. The number of sulfonamides is 1. The Bertz CT molecular complexity index is 1100. The minimum atomic E-state index is -3.54. The van der Waals surface area contributed by atoms with E-state index in [-0.39, 0.29) is 17.4 Å². The van der Waals surface area contributed by atoms with E-state index in [2.05, 4.69) is 12.2 Å². The minimum absolute atomic E-state index is 0.149. The number of ether oxygens (including phenoxy) is 1. The zero-order valence-corrected chi connectivity index (χ0v) is 20.2. The average Bonchev–Trinajstić information content (AvgIpc) is 3.34. The number of carbonyl (C=O) groups excluding carboxylic acids is 2. The molecule has 0 saturated carbocycles. The van der Waals surface area contributed by atoms with Crippen molar-refractivity contribution in [3.8, 4) is 0 Å². The zero-order chi connectivity index (χ0) is 24.1. The molecule has 8 nitrogen and oxygen atoms in total. The van der Waals surface area contributed by atoms with Gasteiger partial charge in [0.1, 0.15) is 12.6 Å². The molecule has 2 saturated heterocycles. The number of hydrogen-bond acceptors (Lipinski definition) is 5. The molecule has 2 fully saturated rings. The first-order valence-corrected chi connectivity index (χ1v) is 13.2. The van der Waals surface area contributed by atoms with Gasteiger partial charge in [0, 0.05) is 25.3 Å². The summed E-state index contributed by atoms with van der Waals surface area (Å²) in [6.07, 6.45) is 2.47. The van der Waals surface area contributed by atoms with E-state index in [0.717, 1.165) is 18.4 Å². The summed E-state index contributed by atoms with van der Waals surface area (Å²) in [6, 6.07) is 15.0. The summed E-state index contributed by atoms with van der Waals surface area (Å²) in [5.74, 6) is 0.226. The lowest BCUT2D eigenvalue weighted by Gasteiger charge is -2.29. The molecule has 0 aromatic heterocycles. The summed E-state index contributed by atoms with van der Waals surface area (Å²) in [6.45, 7) is 3.79. The molecule has 34 heavy (non-hydrogen) atoms. The third-order valence-electron chi connectivity index (χ3n) is 6.50. The van der Waals surface area contributed by atoms with E-state index in [0.29, 0.717) is 44.1 Å². The number of rotatable bonds is 6. The van der Waals surface area contributed by atoms with Gasteiger partial charge in [-0.25, -0.2) is 13.2 Å². The molecule has 4 rings (SSSR count). The normalized spacial score (nSPS) is 19.7. The van der Waals surface area contributed by atoms with Crippen molar-refractivity contribution in [1.82, 2.24) is 9.21 Å². The summed E-state index contributed by atoms with van der Waals surface area (Å²) < 4.78 is 32.7. The maximum atomic E-state index is 12.9. The van der Waals surface area contributed by atoms with Crippen LogP contribution in [0.25, 0.3) is 0 Å². The Hall–Kier alpha value is -2.91. The van der Waals surface area contributed by atoms with Gasteiger partial charge in [0.15, 0.2) is 0 Å². The van der Waals surface area contributed by atoms with Crippen LogP contribution in [-0.4, -0.2) is 55.3 Å². The first kappa shape index (κ1) is 24.2. The Kier molecular flexibility index (Phi) is 7.53. The third kappa shape index (κ3) is 5.59. The monoisotopic (exact) mass is 485 g/mol. The Balaban J connectivity index is 1.35. The third-order valence-corrected chi connectivity index (χ3v) is 8.41. The number of carbonyl (C=O) groups is 2. The second-order valence-electron chi connectivity index (χ2n) is 8.99. The molecular weight excluding hydrogens is 454 g/mol. The molecule has 1 unspecified atom stereocenters. The molecule has 0 aliphatic carbocycles. The number of anilines is 1. The van der Waals surface area contributed by atoms with Crippen molar-refractivity contribution in [3.63, 3.8) is 0 Å². The lowest BCUT2D eigenvalue weighted by atomic mass is 10.0. The maximum absolute atomic E-state index is 12.9. The maximum Gasteiger partial charge on any atom is 0.410 e. The highest BCUT2D eigenvalue weighted by Crippen LogP contribution is 2.25. The van der Waals surface area contributed by atoms with Crippen molar-refractivity contribution in [1.29, 1.82) is 0 Å². The van der Waals surface area contributed by atoms with Crippen molar-refractivity contribution in [3.05, 3.63) is 60.2 Å². The molecule has 0 radical (unpaired) electrons. The van der Waals surface area contributed by atoms with Gasteiger partial charge in [-0.05, 0) is 61.4 Å². The molecular formula is C25H31N3O5S. The van der Waals surface area contributed by atoms with E-state index in [1.165, 1.54) is 21.3 Å². The number of likely N-dealkylation sites (tertiary alicyclic amines) is 1. The second kappa shape index (κ2) is 10.6. The lowest BCUT2D eigenvalue weighted by molar-refractivity contribution is -0.120. The van der Waals surface area contributed by atoms with Crippen LogP contribution < -0.4 is 5.32 Å². The van der Waals surface area contributed by atoms with Crippen LogP contribution in [0.2, 0.25) is 0 Å². The van der Waals surface area contributed by atoms with E-state index >= 15 is 0 Å². The largest absolute Gasteiger partial charge is 0.445 e. The van der Waals surface area contributed by atoms with Crippen LogP contribution in [0.4, 0.5) is 10.5 Å². The summed E-state index contributed by atoms with van der Waals surface area (Å²) >= 11 is 0. The van der Waals surface area contributed by atoms with Crippen molar-refractivity contribution in [2.24, 2.45) is 5.92 Å². The van der Waals surface area contributed by atoms with Gasteiger partial charge in [-0.15, -0.1) is 0 Å². The van der Waals surface area contributed by atoms with Gasteiger partial charge in [0.2, 0.25) is 15.9 Å². The van der Waals surface area contributed by atoms with Gasteiger partial charge < -0.3 is 10.1 Å². The number of piperidine rings is 1. The Morgan fingerprint density at radius 3 is 2.32 bits per heavy atom. The highest BCUT2D eigenvalue weighted by molar-refractivity contribution is 7.89. The molecule has 2 aromatic rings. The standard InChI is InChI=1S/C25H31N3O5S/c1-19-13-16-27(17-14-19)34(31,32)22-11-9-21(10-12-22)26-24(29)23-8-5-15-28(23)25(30)33-18-20-6-3-2-4-7-20/h2-4,6-7,9-12,19,23H,5,8,13-18H2,1H3,(H,26,29). The number of benzene rings is 2. The van der Waals surface area contributed by atoms with Crippen LogP contribution in [0.1, 0.15) is 38.2 Å². The molecule has 9 heteroatoms. The lowest BCUT2D eigenvalue weighted by Crippen LogP contribution is -2.43. The predicted molar refractivity (Wildman–Crippen MR) is 129 cm³/mol. The van der Waals surface area contributed by atoms with Gasteiger partial charge in [0.25, 0.3) is 0 Å². The Labute approximate surface area is 200 Å². The molecule has 1 atom stereocenters. The van der Waals surface area contributed by atoms with Crippen LogP contribution in [0.15, 0.2) is 59.5 Å². The van der Waals surface area contributed by atoms with Crippen LogP contribution in [0.3, 0.4) is 0 Å². The van der Waals surface area contributed by atoms with E-state index in [4.69, 9.17) is 4.74 Å². The topological polar surface area (TPSA) is 96.0 Å². The van der Waals surface area contributed by atoms with Gasteiger partial charge >= 0.3 is 6.09 Å². The summed E-state index contributed by atoms with van der Waals surface area (Å²) in [4.78, 5) is 27.1. The molecule has 2 aliphatic rings. The second-order valence-corrected chi connectivity index (χ2v) is 10.9. The average molecular weight is 486 g/mol. The Morgan fingerprint density at radius 2 is 1.65 bits per heavy atom. The van der Waals surface area contributed by atoms with E-state index in [1.807, 2.05) is 30.3 Å². The van der Waals surface area contributed by atoms with E-state index in [1.54, 1.807) is 12.1 Å². The van der Waals surface area contributed by atoms with E-state index in [9.17, 15) is 18.0 Å². The fraction of sp³-hybridized carbons (Fsp3) is 0.440. The highest BCUT2D eigenvalue weighted by Gasteiger charge is 2.35. The molecule has 2 amide bonds. The summed E-state index contributed by atoms with van der Waals surface area (Å²) in [5.41, 5.74) is 1.37. The number of amides is 2. The van der Waals surface area contributed by atoms with Crippen LogP contribution in [0.5, 0.6) is 0 Å².